The maximum atomic E-state index is 11.5. The van der Waals surface area contributed by atoms with Crippen molar-refractivity contribution in [2.45, 2.75) is 39.0 Å². The van der Waals surface area contributed by atoms with Crippen molar-refractivity contribution in [2.24, 2.45) is 4.99 Å². The Bertz CT molecular complexity index is 322. The quantitative estimate of drug-likeness (QED) is 0.181. The summed E-state index contributed by atoms with van der Waals surface area (Å²) < 4.78 is 0. The van der Waals surface area contributed by atoms with Gasteiger partial charge in [-0.15, -0.1) is 0 Å². The van der Waals surface area contributed by atoms with Gasteiger partial charge >= 0.3 is 24.8 Å². The van der Waals surface area contributed by atoms with Crippen molar-refractivity contribution in [3.05, 3.63) is 12.2 Å². The van der Waals surface area contributed by atoms with Crippen LogP contribution in [0.5, 0.6) is 0 Å². The molecule has 0 heterocycles. The number of allylic oxidation sites excluding steroid dienone is 2. The fourth-order valence-electron chi connectivity index (χ4n) is 1.55. The molecule has 0 saturated heterocycles. The molecule has 6 nitrogen and oxygen atoms in total. The number of hydrogen-bond acceptors (Lipinski definition) is 5. The van der Waals surface area contributed by atoms with E-state index in [1.165, 1.54) is 4.90 Å². The summed E-state index contributed by atoms with van der Waals surface area (Å²) in [4.78, 5) is 16.0. The fraction of sp³-hybridized carbons (Fsp3) is 0.714. The van der Waals surface area contributed by atoms with Crippen LogP contribution in [0.2, 0.25) is 0 Å². The molecule has 0 unspecified atom stereocenters. The molecule has 0 amide bonds. The Morgan fingerprint density at radius 2 is 2.00 bits per heavy atom. The molecule has 21 heavy (non-hydrogen) atoms. The number of aliphatic hydroxyl groups is 1. The summed E-state index contributed by atoms with van der Waals surface area (Å²) in [5, 5.41) is 29.0. The minimum atomic E-state index is -0.965. The molecule has 0 spiro atoms. The molecule has 0 aromatic heterocycles. The van der Waals surface area contributed by atoms with E-state index >= 15 is 0 Å². The minimum Gasteiger partial charge on any atom is -0.862 e. The summed E-state index contributed by atoms with van der Waals surface area (Å²) in [6, 6.07) is 0. The van der Waals surface area contributed by atoms with Crippen LogP contribution in [-0.2, 0) is 4.79 Å². The van der Waals surface area contributed by atoms with E-state index in [4.69, 9.17) is 10.2 Å². The number of unbranched alkanes of at least 4 members (excludes halogenated alkanes) is 1. The number of rotatable bonds is 12. The summed E-state index contributed by atoms with van der Waals surface area (Å²) in [6.45, 7) is 2.40. The summed E-state index contributed by atoms with van der Waals surface area (Å²) >= 11 is 0. The third kappa shape index (κ3) is 15.4. The van der Waals surface area contributed by atoms with Crippen LogP contribution in [0.1, 0.15) is 39.0 Å². The molecule has 0 saturated carbocycles. The van der Waals surface area contributed by atoms with Crippen LogP contribution in [0.4, 0.5) is 0 Å². The maximum absolute atomic E-state index is 11.5. The first-order valence-electron chi connectivity index (χ1n) is 7.00. The van der Waals surface area contributed by atoms with E-state index in [1.807, 2.05) is 12.2 Å². The fourth-order valence-corrected chi connectivity index (χ4v) is 1.55. The van der Waals surface area contributed by atoms with E-state index in [9.17, 15) is 9.90 Å². The number of hydrogen-bond donors (Lipinski definition) is 2. The van der Waals surface area contributed by atoms with E-state index in [1.54, 1.807) is 0 Å². The van der Waals surface area contributed by atoms with Crippen molar-refractivity contribution in [2.75, 3.05) is 26.4 Å². The molecule has 0 aliphatic heterocycles. The third-order valence-electron chi connectivity index (χ3n) is 2.59. The first kappa shape index (κ1) is 22.5. The van der Waals surface area contributed by atoms with Gasteiger partial charge in [-0.05, 0) is 31.6 Å². The van der Waals surface area contributed by atoms with Crippen LogP contribution < -0.4 is 24.0 Å². The summed E-state index contributed by atoms with van der Waals surface area (Å²) in [5.74, 6) is -1.18. The Kier molecular flexibility index (Phi) is 16.7. The third-order valence-corrected chi connectivity index (χ3v) is 2.59. The van der Waals surface area contributed by atoms with Gasteiger partial charge in [0, 0.05) is 13.2 Å². The van der Waals surface area contributed by atoms with Crippen molar-refractivity contribution < 1.29 is 39.0 Å². The first-order valence-corrected chi connectivity index (χ1v) is 7.00. The Morgan fingerprint density at radius 3 is 2.57 bits per heavy atom. The van der Waals surface area contributed by atoms with Gasteiger partial charge in [-0.2, -0.15) is 0 Å². The molecule has 0 bridgehead atoms. The number of nitrogens with zero attached hydrogens (tertiary/aromatic N) is 2. The number of aliphatic carboxylic acids is 1. The van der Waals surface area contributed by atoms with E-state index in [2.05, 4.69) is 11.9 Å². The minimum absolute atomic E-state index is 0. The largest absolute Gasteiger partial charge is 1.00 e. The van der Waals surface area contributed by atoms with Crippen molar-refractivity contribution in [1.82, 2.24) is 4.90 Å². The molecule has 116 valence electrons. The second kappa shape index (κ2) is 15.6. The van der Waals surface area contributed by atoms with E-state index in [0.29, 0.717) is 25.8 Å². The zero-order valence-corrected chi connectivity index (χ0v) is 13.1. The molecule has 0 fully saturated rings. The molecule has 0 aromatic carbocycles. The standard InChI is InChI=1S/C14H26N2O4.Li/c1-2-3-4-5-6-8-13(18)15-12-16(9-7-10-17)11-14(19)20;/h4-5,17H,2-3,6-12H2,1H3,(H,15,18)(H,19,20);/q;+1/p-1/b5-4+;. The Hall–Kier alpha value is -0.803. The van der Waals surface area contributed by atoms with Gasteiger partial charge in [-0.1, -0.05) is 25.5 Å². The second-order valence-electron chi connectivity index (χ2n) is 4.52. The molecule has 7 heteroatoms. The topological polar surface area (TPSA) is 96.2 Å². The maximum Gasteiger partial charge on any atom is 1.00 e. The zero-order valence-electron chi connectivity index (χ0n) is 13.1. The Morgan fingerprint density at radius 1 is 1.33 bits per heavy atom. The van der Waals surface area contributed by atoms with Crippen LogP contribution in [0.15, 0.2) is 17.1 Å². The molecule has 0 aliphatic carbocycles. The normalized spacial score (nSPS) is 11.9. The monoisotopic (exact) mass is 292 g/mol. The average Bonchev–Trinajstić information content (AvgIpc) is 2.41. The van der Waals surface area contributed by atoms with Gasteiger partial charge in [-0.3, -0.25) is 14.7 Å². The van der Waals surface area contributed by atoms with Crippen LogP contribution in [-0.4, -0.2) is 53.3 Å². The smallest absolute Gasteiger partial charge is 0.862 e. The molecule has 2 N–H and O–H groups in total. The molecule has 0 aliphatic rings. The number of carboxylic acids is 1. The van der Waals surface area contributed by atoms with E-state index < -0.39 is 5.97 Å². The SMILES string of the molecule is CCC/C=C/CCC([O-])=NCN(CCCO)CC(=O)O.[Li+]. The van der Waals surface area contributed by atoms with Crippen LogP contribution in [0.25, 0.3) is 0 Å². The molecule has 0 atom stereocenters. The molecule has 0 aromatic rings. The molecular formula is C14H25LiN2O4. The van der Waals surface area contributed by atoms with Crippen LogP contribution in [0.3, 0.4) is 0 Å². The average molecular weight is 292 g/mol. The Labute approximate surface area is 138 Å². The Balaban J connectivity index is 0. The van der Waals surface area contributed by atoms with Crippen molar-refractivity contribution in [3.63, 3.8) is 0 Å². The zero-order chi connectivity index (χ0) is 15.2. The van der Waals surface area contributed by atoms with Gasteiger partial charge in [0.25, 0.3) is 0 Å². The van der Waals surface area contributed by atoms with Crippen molar-refractivity contribution >= 4 is 11.9 Å². The number of carboxylic acid groups (broad SMARTS) is 1. The van der Waals surface area contributed by atoms with Gasteiger partial charge in [0.1, 0.15) is 0 Å². The van der Waals surface area contributed by atoms with E-state index in [-0.39, 0.29) is 44.6 Å². The molecule has 0 rings (SSSR count). The molecular weight excluding hydrogens is 267 g/mol. The predicted molar refractivity (Wildman–Crippen MR) is 76.5 cm³/mol. The van der Waals surface area contributed by atoms with Gasteiger partial charge < -0.3 is 15.3 Å². The van der Waals surface area contributed by atoms with Gasteiger partial charge in [0.15, 0.2) is 0 Å². The van der Waals surface area contributed by atoms with Crippen LogP contribution in [0, 0.1) is 0 Å². The summed E-state index contributed by atoms with van der Waals surface area (Å²) in [5.41, 5.74) is 0. The van der Waals surface area contributed by atoms with Gasteiger partial charge in [0.05, 0.1) is 13.2 Å². The number of carbonyl (C=O) groups is 1. The predicted octanol–water partition coefficient (Wildman–Crippen LogP) is -2.39. The summed E-state index contributed by atoms with van der Waals surface area (Å²) in [7, 11) is 0. The van der Waals surface area contributed by atoms with Crippen LogP contribution >= 0.6 is 0 Å². The van der Waals surface area contributed by atoms with Crippen molar-refractivity contribution in [1.29, 1.82) is 0 Å². The van der Waals surface area contributed by atoms with Gasteiger partial charge in [-0.25, -0.2) is 0 Å². The molecule has 0 radical (unpaired) electrons. The summed E-state index contributed by atoms with van der Waals surface area (Å²) in [6.07, 6.45) is 7.60. The number of aliphatic imine (C=N–C) groups is 1. The van der Waals surface area contributed by atoms with E-state index in [0.717, 1.165) is 12.8 Å². The van der Waals surface area contributed by atoms with Crippen molar-refractivity contribution in [3.8, 4) is 0 Å². The number of aliphatic hydroxyl groups excluding tert-OH is 1. The second-order valence-corrected chi connectivity index (χ2v) is 4.52. The van der Waals surface area contributed by atoms with Gasteiger partial charge in [0.2, 0.25) is 0 Å². The first-order chi connectivity index (χ1) is 9.60.